The predicted molar refractivity (Wildman–Crippen MR) is 44.2 cm³/mol. The van der Waals surface area contributed by atoms with E-state index >= 15 is 0 Å². The van der Waals surface area contributed by atoms with Crippen LogP contribution in [0.25, 0.3) is 0 Å². The molecule has 3 aliphatic carbocycles. The third kappa shape index (κ3) is 0.774. The molecule has 2 bridgehead atoms. The molecule has 12 heavy (non-hydrogen) atoms. The monoisotopic (exact) mass is 169 g/mol. The van der Waals surface area contributed by atoms with E-state index in [1.165, 1.54) is 12.2 Å². The van der Waals surface area contributed by atoms with Gasteiger partial charge in [-0.15, -0.1) is 0 Å². The first kappa shape index (κ1) is 8.05. The molecular formula is C9H15NO2. The molecule has 0 heterocycles. The SMILES string of the molecule is CON(C)C(=O)C12CC(C)(C1)C2. The molecule has 3 saturated carbocycles. The minimum atomic E-state index is -0.0283. The molecule has 3 rings (SSSR count). The lowest BCUT2D eigenvalue weighted by Gasteiger charge is -2.68. The van der Waals surface area contributed by atoms with E-state index in [0.717, 1.165) is 19.3 Å². The Morgan fingerprint density at radius 2 is 1.92 bits per heavy atom. The van der Waals surface area contributed by atoms with Gasteiger partial charge in [-0.25, -0.2) is 5.06 Å². The summed E-state index contributed by atoms with van der Waals surface area (Å²) in [5, 5.41) is 1.36. The Labute approximate surface area is 72.6 Å². The third-order valence-electron chi connectivity index (χ3n) is 3.31. The second-order valence-corrected chi connectivity index (χ2v) is 4.61. The van der Waals surface area contributed by atoms with E-state index in [0.29, 0.717) is 5.41 Å². The van der Waals surface area contributed by atoms with Crippen LogP contribution in [0.4, 0.5) is 0 Å². The maximum absolute atomic E-state index is 11.7. The Morgan fingerprint density at radius 3 is 2.25 bits per heavy atom. The summed E-state index contributed by atoms with van der Waals surface area (Å²) in [6.07, 6.45) is 3.19. The fraction of sp³-hybridized carbons (Fsp3) is 0.889. The van der Waals surface area contributed by atoms with Crippen molar-refractivity contribution in [1.82, 2.24) is 5.06 Å². The smallest absolute Gasteiger partial charge is 0.252 e. The van der Waals surface area contributed by atoms with Gasteiger partial charge in [-0.1, -0.05) is 6.92 Å². The standard InChI is InChI=1S/C9H15NO2/c1-8-4-9(5-8,6-8)7(11)10(2)12-3/h4-6H2,1-3H3. The molecule has 0 aromatic heterocycles. The first-order valence-corrected chi connectivity index (χ1v) is 4.34. The Bertz CT molecular complexity index is 217. The van der Waals surface area contributed by atoms with Gasteiger partial charge in [-0.2, -0.15) is 0 Å². The molecule has 1 amide bonds. The zero-order valence-corrected chi connectivity index (χ0v) is 7.89. The second-order valence-electron chi connectivity index (χ2n) is 4.61. The Morgan fingerprint density at radius 1 is 1.42 bits per heavy atom. The highest BCUT2D eigenvalue weighted by Gasteiger charge is 2.69. The van der Waals surface area contributed by atoms with Gasteiger partial charge in [-0.05, 0) is 24.7 Å². The van der Waals surface area contributed by atoms with Crippen LogP contribution in [0.15, 0.2) is 0 Å². The summed E-state index contributed by atoms with van der Waals surface area (Å²) < 4.78 is 0. The van der Waals surface area contributed by atoms with Crippen LogP contribution in [0.5, 0.6) is 0 Å². The third-order valence-corrected chi connectivity index (χ3v) is 3.31. The number of carbonyl (C=O) groups excluding carboxylic acids is 1. The number of nitrogens with zero attached hydrogens (tertiary/aromatic N) is 1. The zero-order chi connectivity index (χ0) is 8.98. The van der Waals surface area contributed by atoms with Crippen molar-refractivity contribution in [2.75, 3.05) is 14.2 Å². The quantitative estimate of drug-likeness (QED) is 0.581. The normalized spacial score (nSPS) is 42.9. The molecule has 3 aliphatic rings. The van der Waals surface area contributed by atoms with Crippen molar-refractivity contribution in [3.8, 4) is 0 Å². The highest BCUT2D eigenvalue weighted by Crippen LogP contribution is 2.73. The molecule has 3 nitrogen and oxygen atoms in total. The predicted octanol–water partition coefficient (Wildman–Crippen LogP) is 1.20. The van der Waals surface area contributed by atoms with Gasteiger partial charge in [0.05, 0.1) is 12.5 Å². The number of hydrogen-bond acceptors (Lipinski definition) is 2. The fourth-order valence-corrected chi connectivity index (χ4v) is 2.94. The summed E-state index contributed by atoms with van der Waals surface area (Å²) in [6, 6.07) is 0. The van der Waals surface area contributed by atoms with Crippen LogP contribution in [-0.2, 0) is 9.63 Å². The number of carbonyl (C=O) groups is 1. The lowest BCUT2D eigenvalue weighted by Crippen LogP contribution is -2.66. The average Bonchev–Trinajstić information content (AvgIpc) is 1.94. The van der Waals surface area contributed by atoms with Crippen LogP contribution in [0.3, 0.4) is 0 Å². The van der Waals surface area contributed by atoms with Gasteiger partial charge in [0.2, 0.25) is 0 Å². The minimum absolute atomic E-state index is 0.0283. The molecule has 0 aromatic rings. The van der Waals surface area contributed by atoms with Gasteiger partial charge in [-0.3, -0.25) is 9.63 Å². The molecule has 0 aliphatic heterocycles. The number of hydroxylamine groups is 2. The molecule has 3 fully saturated rings. The van der Waals surface area contributed by atoms with Crippen molar-refractivity contribution in [2.45, 2.75) is 26.2 Å². The molecular weight excluding hydrogens is 154 g/mol. The number of hydrogen-bond donors (Lipinski definition) is 0. The van der Waals surface area contributed by atoms with E-state index in [-0.39, 0.29) is 11.3 Å². The van der Waals surface area contributed by atoms with Crippen molar-refractivity contribution < 1.29 is 9.63 Å². The van der Waals surface area contributed by atoms with Crippen LogP contribution in [0.2, 0.25) is 0 Å². The fourth-order valence-electron chi connectivity index (χ4n) is 2.94. The van der Waals surface area contributed by atoms with Crippen LogP contribution in [-0.4, -0.2) is 25.1 Å². The van der Waals surface area contributed by atoms with E-state index in [4.69, 9.17) is 4.84 Å². The Balaban J connectivity index is 1.99. The molecule has 0 atom stereocenters. The van der Waals surface area contributed by atoms with E-state index < -0.39 is 0 Å². The summed E-state index contributed by atoms with van der Waals surface area (Å²) in [7, 11) is 3.22. The van der Waals surface area contributed by atoms with Gasteiger partial charge in [0.15, 0.2) is 0 Å². The molecule has 0 radical (unpaired) electrons. The summed E-state index contributed by atoms with van der Waals surface area (Å²) in [4.78, 5) is 16.5. The molecule has 0 unspecified atom stereocenters. The topological polar surface area (TPSA) is 29.5 Å². The highest BCUT2D eigenvalue weighted by atomic mass is 16.7. The average molecular weight is 169 g/mol. The summed E-state index contributed by atoms with van der Waals surface area (Å²) in [5.74, 6) is 0.161. The van der Waals surface area contributed by atoms with E-state index in [1.54, 1.807) is 7.05 Å². The largest absolute Gasteiger partial charge is 0.275 e. The van der Waals surface area contributed by atoms with Crippen molar-refractivity contribution in [1.29, 1.82) is 0 Å². The van der Waals surface area contributed by atoms with Crippen molar-refractivity contribution in [3.05, 3.63) is 0 Å². The second kappa shape index (κ2) is 2.02. The molecule has 0 N–H and O–H groups in total. The zero-order valence-electron chi connectivity index (χ0n) is 7.89. The van der Waals surface area contributed by atoms with Gasteiger partial charge in [0, 0.05) is 7.05 Å². The van der Waals surface area contributed by atoms with Gasteiger partial charge < -0.3 is 0 Å². The molecule has 3 heteroatoms. The lowest BCUT2D eigenvalue weighted by molar-refractivity contribution is -0.234. The van der Waals surface area contributed by atoms with Gasteiger partial charge >= 0.3 is 0 Å². The van der Waals surface area contributed by atoms with E-state index in [9.17, 15) is 4.79 Å². The molecule has 68 valence electrons. The number of rotatable bonds is 2. The molecule has 0 spiro atoms. The summed E-state index contributed by atoms with van der Waals surface area (Å²) in [5.41, 5.74) is 0.462. The van der Waals surface area contributed by atoms with Gasteiger partial charge in [0.1, 0.15) is 0 Å². The summed E-state index contributed by atoms with van der Waals surface area (Å²) >= 11 is 0. The maximum atomic E-state index is 11.7. The first-order chi connectivity index (χ1) is 5.51. The maximum Gasteiger partial charge on any atom is 0.252 e. The van der Waals surface area contributed by atoms with E-state index in [2.05, 4.69) is 6.92 Å². The van der Waals surface area contributed by atoms with Crippen LogP contribution >= 0.6 is 0 Å². The van der Waals surface area contributed by atoms with Gasteiger partial charge in [0.25, 0.3) is 5.91 Å². The highest BCUT2D eigenvalue weighted by molar-refractivity contribution is 5.85. The van der Waals surface area contributed by atoms with Crippen molar-refractivity contribution in [2.24, 2.45) is 10.8 Å². The minimum Gasteiger partial charge on any atom is -0.275 e. The number of amides is 1. The first-order valence-electron chi connectivity index (χ1n) is 4.34. The Kier molecular flexibility index (Phi) is 1.35. The summed E-state index contributed by atoms with van der Waals surface area (Å²) in [6.45, 7) is 2.24. The van der Waals surface area contributed by atoms with Crippen LogP contribution < -0.4 is 0 Å². The van der Waals surface area contributed by atoms with Crippen molar-refractivity contribution >= 4 is 5.91 Å². The lowest BCUT2D eigenvalue weighted by atomic mass is 9.35. The van der Waals surface area contributed by atoms with E-state index in [1.807, 2.05) is 0 Å². The van der Waals surface area contributed by atoms with Crippen LogP contribution in [0.1, 0.15) is 26.2 Å². The Hall–Kier alpha value is -0.570. The molecule has 0 aromatic carbocycles. The van der Waals surface area contributed by atoms with Crippen molar-refractivity contribution in [3.63, 3.8) is 0 Å². The molecule has 0 saturated heterocycles. The van der Waals surface area contributed by atoms with Crippen LogP contribution in [0, 0.1) is 10.8 Å².